The Bertz CT molecular complexity index is 614. The zero-order valence-corrected chi connectivity index (χ0v) is 11.5. The van der Waals surface area contributed by atoms with Crippen LogP contribution in [-0.4, -0.2) is 29.2 Å². The third kappa shape index (κ3) is 2.00. The maximum Gasteiger partial charge on any atom is 0.143 e. The molecule has 4 nitrogen and oxygen atoms in total. The topological polar surface area (TPSA) is 39.1 Å². The molecule has 1 aromatic heterocycles. The molecule has 0 aliphatic carbocycles. The molecule has 0 saturated carbocycles. The van der Waals surface area contributed by atoms with Crippen LogP contribution in [0.2, 0.25) is 0 Å². The molecule has 2 aromatic rings. The van der Waals surface area contributed by atoms with Crippen molar-refractivity contribution in [3.05, 3.63) is 36.2 Å². The van der Waals surface area contributed by atoms with E-state index in [2.05, 4.69) is 33.1 Å². The second-order valence-electron chi connectivity index (χ2n) is 5.57. The molecule has 1 aromatic carbocycles. The monoisotopic (exact) mass is 269 g/mol. The van der Waals surface area contributed by atoms with E-state index in [1.54, 1.807) is 0 Å². The highest BCUT2D eigenvalue weighted by Gasteiger charge is 2.20. The number of fused-ring (bicyclic) bond motifs is 3. The molecule has 0 amide bonds. The summed E-state index contributed by atoms with van der Waals surface area (Å²) in [7, 11) is 0. The molecule has 0 atom stereocenters. The number of hydrogen-bond donors (Lipinski definition) is 1. The lowest BCUT2D eigenvalue weighted by atomic mass is 9.89. The number of nitrogens with zero attached hydrogens (tertiary/aromatic N) is 2. The van der Waals surface area contributed by atoms with Crippen LogP contribution >= 0.6 is 0 Å². The Morgan fingerprint density at radius 3 is 3.05 bits per heavy atom. The van der Waals surface area contributed by atoms with Crippen LogP contribution in [0.3, 0.4) is 0 Å². The summed E-state index contributed by atoms with van der Waals surface area (Å²) < 4.78 is 8.11. The van der Waals surface area contributed by atoms with Gasteiger partial charge in [-0.3, -0.25) is 0 Å². The quantitative estimate of drug-likeness (QED) is 0.864. The Morgan fingerprint density at radius 1 is 1.25 bits per heavy atom. The van der Waals surface area contributed by atoms with Gasteiger partial charge in [-0.2, -0.15) is 0 Å². The third-order valence-corrected chi connectivity index (χ3v) is 4.36. The molecule has 3 heterocycles. The second kappa shape index (κ2) is 4.94. The van der Waals surface area contributed by atoms with E-state index < -0.39 is 0 Å². The van der Waals surface area contributed by atoms with Gasteiger partial charge in [0, 0.05) is 12.4 Å². The summed E-state index contributed by atoms with van der Waals surface area (Å²) in [6.07, 6.45) is 6.32. The van der Waals surface area contributed by atoms with E-state index in [1.165, 1.54) is 18.4 Å². The van der Waals surface area contributed by atoms with Crippen LogP contribution in [0.25, 0.3) is 11.4 Å². The number of rotatable bonds is 1. The first-order valence-electron chi connectivity index (χ1n) is 7.41. The van der Waals surface area contributed by atoms with Crippen LogP contribution in [-0.2, 0) is 6.54 Å². The first-order chi connectivity index (χ1) is 9.92. The van der Waals surface area contributed by atoms with E-state index in [-0.39, 0.29) is 0 Å². The lowest BCUT2D eigenvalue weighted by Gasteiger charge is -2.23. The van der Waals surface area contributed by atoms with Gasteiger partial charge in [0.1, 0.15) is 18.2 Å². The molecule has 0 bridgehead atoms. The summed E-state index contributed by atoms with van der Waals surface area (Å²) >= 11 is 0. The van der Waals surface area contributed by atoms with Gasteiger partial charge in [0.2, 0.25) is 0 Å². The molecule has 4 heteroatoms. The number of piperidine rings is 1. The normalized spacial score (nSPS) is 18.8. The highest BCUT2D eigenvalue weighted by molar-refractivity contribution is 5.66. The predicted octanol–water partition coefficient (Wildman–Crippen LogP) is 2.41. The fourth-order valence-corrected chi connectivity index (χ4v) is 3.24. The number of ether oxygens (including phenoxy) is 1. The molecule has 20 heavy (non-hydrogen) atoms. The van der Waals surface area contributed by atoms with Crippen LogP contribution in [0.1, 0.15) is 24.3 Å². The first-order valence-corrected chi connectivity index (χ1v) is 7.41. The number of aromatic nitrogens is 2. The fraction of sp³-hybridized carbons (Fsp3) is 0.438. The van der Waals surface area contributed by atoms with E-state index in [1.807, 2.05) is 12.4 Å². The molecule has 4 rings (SSSR count). The van der Waals surface area contributed by atoms with Gasteiger partial charge in [-0.25, -0.2) is 4.98 Å². The average molecular weight is 269 g/mol. The molecule has 1 saturated heterocycles. The summed E-state index contributed by atoms with van der Waals surface area (Å²) in [4.78, 5) is 4.47. The molecule has 104 valence electrons. The Kier molecular flexibility index (Phi) is 2.96. The molecular formula is C16H19N3O. The van der Waals surface area contributed by atoms with Crippen molar-refractivity contribution in [3.8, 4) is 17.1 Å². The maximum absolute atomic E-state index is 5.94. The lowest BCUT2D eigenvalue weighted by molar-refractivity contribution is 0.306. The van der Waals surface area contributed by atoms with Crippen molar-refractivity contribution in [1.82, 2.24) is 14.9 Å². The molecule has 1 fully saturated rings. The third-order valence-electron chi connectivity index (χ3n) is 4.36. The van der Waals surface area contributed by atoms with Gasteiger partial charge in [-0.15, -0.1) is 0 Å². The van der Waals surface area contributed by atoms with Crippen molar-refractivity contribution in [1.29, 1.82) is 0 Å². The zero-order valence-electron chi connectivity index (χ0n) is 11.5. The predicted molar refractivity (Wildman–Crippen MR) is 78.0 cm³/mol. The largest absolute Gasteiger partial charge is 0.491 e. The minimum Gasteiger partial charge on any atom is -0.491 e. The second-order valence-corrected chi connectivity index (χ2v) is 5.57. The van der Waals surface area contributed by atoms with E-state index in [0.717, 1.165) is 36.8 Å². The van der Waals surface area contributed by atoms with Crippen LogP contribution in [0.5, 0.6) is 5.75 Å². The smallest absolute Gasteiger partial charge is 0.143 e. The van der Waals surface area contributed by atoms with Crippen molar-refractivity contribution in [2.24, 2.45) is 0 Å². The lowest BCUT2D eigenvalue weighted by Crippen LogP contribution is -2.26. The standard InChI is InChI=1S/C16H19N3O/c1-2-14-15(11-13(1)12-3-5-17-6-4-12)20-10-9-19-8-7-18-16(14)19/h1-2,7-8,11-12,17H,3-6,9-10H2. The van der Waals surface area contributed by atoms with Crippen molar-refractivity contribution < 1.29 is 4.74 Å². The summed E-state index contributed by atoms with van der Waals surface area (Å²) in [5.74, 6) is 2.67. The van der Waals surface area contributed by atoms with E-state index in [9.17, 15) is 0 Å². The molecule has 0 radical (unpaired) electrons. The van der Waals surface area contributed by atoms with Crippen LogP contribution < -0.4 is 10.1 Å². The molecule has 0 unspecified atom stereocenters. The first kappa shape index (κ1) is 12.0. The van der Waals surface area contributed by atoms with Gasteiger partial charge in [-0.1, -0.05) is 6.07 Å². The van der Waals surface area contributed by atoms with E-state index in [4.69, 9.17) is 4.74 Å². The SMILES string of the molecule is c1cn2c(n1)-c1ccc(C3CCNCC3)cc1OCC2. The minimum absolute atomic E-state index is 0.660. The Labute approximate surface area is 118 Å². The highest BCUT2D eigenvalue weighted by atomic mass is 16.5. The summed E-state index contributed by atoms with van der Waals surface area (Å²) in [6, 6.07) is 6.66. The van der Waals surface area contributed by atoms with Gasteiger partial charge in [0.05, 0.1) is 12.1 Å². The van der Waals surface area contributed by atoms with Crippen LogP contribution in [0.15, 0.2) is 30.6 Å². The molecule has 2 aliphatic rings. The van der Waals surface area contributed by atoms with Gasteiger partial charge >= 0.3 is 0 Å². The van der Waals surface area contributed by atoms with Gasteiger partial charge in [-0.05, 0) is 49.5 Å². The van der Waals surface area contributed by atoms with Crippen molar-refractivity contribution in [3.63, 3.8) is 0 Å². The number of nitrogens with one attached hydrogen (secondary N) is 1. The maximum atomic E-state index is 5.94. The molecule has 0 spiro atoms. The fourth-order valence-electron chi connectivity index (χ4n) is 3.24. The minimum atomic E-state index is 0.660. The molecular weight excluding hydrogens is 250 g/mol. The van der Waals surface area contributed by atoms with Crippen molar-refractivity contribution in [2.75, 3.05) is 19.7 Å². The van der Waals surface area contributed by atoms with E-state index in [0.29, 0.717) is 12.5 Å². The number of benzene rings is 1. The Morgan fingerprint density at radius 2 is 2.15 bits per heavy atom. The Balaban J connectivity index is 1.73. The van der Waals surface area contributed by atoms with Gasteiger partial charge < -0.3 is 14.6 Å². The van der Waals surface area contributed by atoms with E-state index >= 15 is 0 Å². The number of imidazole rings is 1. The zero-order chi connectivity index (χ0) is 13.4. The summed E-state index contributed by atoms with van der Waals surface area (Å²) in [6.45, 7) is 3.82. The van der Waals surface area contributed by atoms with Crippen LogP contribution in [0.4, 0.5) is 0 Å². The summed E-state index contributed by atoms with van der Waals surface area (Å²) in [5, 5.41) is 3.42. The molecule has 2 aliphatic heterocycles. The molecule has 1 N–H and O–H groups in total. The average Bonchev–Trinajstić information content (AvgIpc) is 2.90. The number of hydrogen-bond acceptors (Lipinski definition) is 3. The van der Waals surface area contributed by atoms with Gasteiger partial charge in [0.15, 0.2) is 0 Å². The Hall–Kier alpha value is -1.81. The van der Waals surface area contributed by atoms with Crippen molar-refractivity contribution >= 4 is 0 Å². The van der Waals surface area contributed by atoms with Gasteiger partial charge in [0.25, 0.3) is 0 Å². The van der Waals surface area contributed by atoms with Crippen LogP contribution in [0, 0.1) is 0 Å². The van der Waals surface area contributed by atoms with Crippen molar-refractivity contribution in [2.45, 2.75) is 25.3 Å². The highest BCUT2D eigenvalue weighted by Crippen LogP contribution is 2.35. The summed E-state index contributed by atoms with van der Waals surface area (Å²) in [5.41, 5.74) is 2.52.